The molecule has 3 rings (SSSR count). The van der Waals surface area contributed by atoms with E-state index in [1.54, 1.807) is 18.2 Å². The molecule has 1 heterocycles. The molecular weight excluding hydrogens is 466 g/mol. The molecule has 2 amide bonds. The van der Waals surface area contributed by atoms with Gasteiger partial charge in [0.2, 0.25) is 0 Å². The van der Waals surface area contributed by atoms with E-state index in [9.17, 15) is 22.8 Å². The number of imide groups is 1. The van der Waals surface area contributed by atoms with Crippen LogP contribution < -0.4 is 0 Å². The highest BCUT2D eigenvalue weighted by molar-refractivity contribution is 8.00. The van der Waals surface area contributed by atoms with E-state index < -0.39 is 21.9 Å². The average Bonchev–Trinajstić information content (AvgIpc) is 2.78. The topological polar surface area (TPSA) is 107 Å². The number of carbonyl (C=O) groups excluding carboxylic acids is 3. The van der Waals surface area contributed by atoms with Gasteiger partial charge in [-0.1, -0.05) is 45.2 Å². The number of hydrogen-bond acceptors (Lipinski definition) is 8. The summed E-state index contributed by atoms with van der Waals surface area (Å²) in [6, 6.07) is 8.06. The Morgan fingerprint density at radius 2 is 1.79 bits per heavy atom. The van der Waals surface area contributed by atoms with Crippen LogP contribution in [0.5, 0.6) is 0 Å². The predicted octanol–water partition coefficient (Wildman–Crippen LogP) is 4.18. The summed E-state index contributed by atoms with van der Waals surface area (Å²) in [5.74, 6) is -1.59. The molecule has 2 aromatic carbocycles. The van der Waals surface area contributed by atoms with Gasteiger partial charge in [0, 0.05) is 10.3 Å². The lowest BCUT2D eigenvalue weighted by Gasteiger charge is -2.25. The van der Waals surface area contributed by atoms with Crippen molar-refractivity contribution in [2.24, 2.45) is 5.92 Å². The number of amides is 2. The molecule has 178 valence electrons. The molecule has 0 fully saturated rings. The number of carbonyl (C=O) groups is 3. The number of thioether (sulfide) groups is 1. The molecule has 8 nitrogen and oxygen atoms in total. The molecule has 1 unspecified atom stereocenters. The van der Waals surface area contributed by atoms with Crippen LogP contribution in [0.25, 0.3) is 10.8 Å². The summed E-state index contributed by atoms with van der Waals surface area (Å²) < 4.78 is 33.1. The lowest BCUT2D eigenvalue weighted by molar-refractivity contribution is -0.141. The van der Waals surface area contributed by atoms with Gasteiger partial charge < -0.3 is 4.74 Å². The largest absolute Gasteiger partial charge is 0.465 e. The van der Waals surface area contributed by atoms with Gasteiger partial charge in [-0.2, -0.15) is 8.42 Å². The molecule has 0 saturated carbocycles. The Morgan fingerprint density at radius 1 is 1.09 bits per heavy atom. The number of hydrogen-bond donors (Lipinski definition) is 0. The molecule has 33 heavy (non-hydrogen) atoms. The Balaban J connectivity index is 1.78. The Kier molecular flexibility index (Phi) is 8.14. The van der Waals surface area contributed by atoms with Crippen molar-refractivity contribution in [2.75, 3.05) is 18.6 Å². The molecule has 0 N–H and O–H groups in total. The zero-order valence-electron chi connectivity index (χ0n) is 18.8. The first kappa shape index (κ1) is 25.2. The van der Waals surface area contributed by atoms with Crippen LogP contribution in [0.4, 0.5) is 0 Å². The number of benzene rings is 2. The van der Waals surface area contributed by atoms with Crippen molar-refractivity contribution in [3.05, 3.63) is 41.5 Å². The summed E-state index contributed by atoms with van der Waals surface area (Å²) in [7, 11) is -4.08. The highest BCUT2D eigenvalue weighted by Gasteiger charge is 2.36. The van der Waals surface area contributed by atoms with E-state index >= 15 is 0 Å². The van der Waals surface area contributed by atoms with Crippen LogP contribution in [-0.2, 0) is 23.9 Å². The van der Waals surface area contributed by atoms with E-state index in [2.05, 4.69) is 18.1 Å². The van der Waals surface area contributed by atoms with Gasteiger partial charge in [0.1, 0.15) is 0 Å². The van der Waals surface area contributed by atoms with Gasteiger partial charge in [0.15, 0.2) is 0 Å². The summed E-state index contributed by atoms with van der Waals surface area (Å²) >= 11 is 1.26. The van der Waals surface area contributed by atoms with Gasteiger partial charge in [-0.25, -0.2) is 0 Å². The van der Waals surface area contributed by atoms with E-state index in [0.717, 1.165) is 31.9 Å². The fourth-order valence-electron chi connectivity index (χ4n) is 3.66. The van der Waals surface area contributed by atoms with Crippen LogP contribution in [0.15, 0.2) is 35.2 Å². The Morgan fingerprint density at radius 3 is 2.42 bits per heavy atom. The highest BCUT2D eigenvalue weighted by atomic mass is 32.2. The summed E-state index contributed by atoms with van der Waals surface area (Å²) in [6.45, 7) is 4.62. The molecule has 2 aromatic rings. The number of unbranched alkanes of at least 4 members (excludes halogenated alkanes) is 1. The van der Waals surface area contributed by atoms with Crippen molar-refractivity contribution in [1.29, 1.82) is 0 Å². The van der Waals surface area contributed by atoms with Gasteiger partial charge in [0.05, 0.1) is 29.7 Å². The zero-order valence-corrected chi connectivity index (χ0v) is 20.5. The second-order valence-electron chi connectivity index (χ2n) is 7.91. The zero-order chi connectivity index (χ0) is 24.2. The second-order valence-corrected chi connectivity index (χ2v) is 10.5. The van der Waals surface area contributed by atoms with Crippen molar-refractivity contribution < 1.29 is 31.8 Å². The minimum absolute atomic E-state index is 0.0914. The Hall–Kier alpha value is -2.43. The molecule has 0 aliphatic carbocycles. The molecule has 0 aromatic heterocycles. The van der Waals surface area contributed by atoms with Crippen molar-refractivity contribution in [3.8, 4) is 0 Å². The second kappa shape index (κ2) is 10.7. The van der Waals surface area contributed by atoms with Crippen molar-refractivity contribution >= 4 is 50.4 Å². The minimum atomic E-state index is -4.08. The first-order valence-corrected chi connectivity index (χ1v) is 13.6. The maximum absolute atomic E-state index is 12.8. The number of esters is 1. The van der Waals surface area contributed by atoms with Gasteiger partial charge in [0.25, 0.3) is 21.9 Å². The van der Waals surface area contributed by atoms with Crippen molar-refractivity contribution in [3.63, 3.8) is 0 Å². The fourth-order valence-corrected chi connectivity index (χ4v) is 4.92. The van der Waals surface area contributed by atoms with Crippen molar-refractivity contribution in [2.45, 2.75) is 44.4 Å². The smallest absolute Gasteiger partial charge is 0.316 e. The molecule has 0 spiro atoms. The summed E-state index contributed by atoms with van der Waals surface area (Å²) in [6.07, 6.45) is 4.96. The quantitative estimate of drug-likeness (QED) is 0.261. The summed E-state index contributed by atoms with van der Waals surface area (Å²) in [5.41, 5.74) is 0.301. The molecule has 1 aliphatic rings. The minimum Gasteiger partial charge on any atom is -0.465 e. The van der Waals surface area contributed by atoms with E-state index in [1.165, 1.54) is 23.9 Å². The van der Waals surface area contributed by atoms with E-state index in [0.29, 0.717) is 28.2 Å². The maximum atomic E-state index is 12.8. The van der Waals surface area contributed by atoms with Gasteiger partial charge in [-0.3, -0.25) is 14.4 Å². The lowest BCUT2D eigenvalue weighted by atomic mass is 9.95. The molecule has 0 radical (unpaired) electrons. The fraction of sp³-hybridized carbons (Fsp3) is 0.435. The van der Waals surface area contributed by atoms with Gasteiger partial charge in [-0.15, -0.1) is 21.1 Å². The van der Waals surface area contributed by atoms with Gasteiger partial charge in [-0.05, 0) is 35.9 Å². The van der Waals surface area contributed by atoms with Crippen LogP contribution >= 0.6 is 11.8 Å². The first-order chi connectivity index (χ1) is 15.7. The van der Waals surface area contributed by atoms with Crippen molar-refractivity contribution in [1.82, 2.24) is 5.06 Å². The number of ether oxygens (including phenoxy) is 1. The lowest BCUT2D eigenvalue weighted by Crippen LogP contribution is -2.41. The van der Waals surface area contributed by atoms with Crippen LogP contribution in [0.3, 0.4) is 0 Å². The maximum Gasteiger partial charge on any atom is 0.316 e. The molecule has 0 saturated heterocycles. The van der Waals surface area contributed by atoms with Crippen LogP contribution in [0, 0.1) is 5.92 Å². The first-order valence-electron chi connectivity index (χ1n) is 10.8. The van der Waals surface area contributed by atoms with E-state index in [-0.39, 0.29) is 27.9 Å². The standard InChI is InChI=1S/C23H27NO7S2/c1-4-6-8-15(5-2)13-30-20(25)14-32-19-12-11-18-21-16(19)9-7-10-17(21)22(26)24(23(18)27)31-33(3,28)29/h7,9-12,15H,4-6,8,13-14H2,1-3H3. The van der Waals surface area contributed by atoms with Crippen LogP contribution in [0.2, 0.25) is 0 Å². The number of rotatable bonds is 11. The Labute approximate surface area is 197 Å². The van der Waals surface area contributed by atoms with Gasteiger partial charge >= 0.3 is 5.97 Å². The molecule has 1 atom stereocenters. The molecule has 1 aliphatic heterocycles. The van der Waals surface area contributed by atoms with Crippen LogP contribution in [0.1, 0.15) is 60.2 Å². The summed E-state index contributed by atoms with van der Waals surface area (Å²) in [5, 5.41) is 1.29. The normalized spacial score (nSPS) is 14.6. The molecule has 10 heteroatoms. The number of nitrogens with zero attached hydrogens (tertiary/aromatic N) is 1. The molecule has 0 bridgehead atoms. The third-order valence-electron chi connectivity index (χ3n) is 5.41. The number of hydroxylamine groups is 2. The summed E-state index contributed by atoms with van der Waals surface area (Å²) in [4.78, 5) is 38.5. The third-order valence-corrected chi connectivity index (χ3v) is 6.88. The predicted molar refractivity (Wildman–Crippen MR) is 125 cm³/mol. The average molecular weight is 494 g/mol. The highest BCUT2D eigenvalue weighted by Crippen LogP contribution is 2.36. The third kappa shape index (κ3) is 5.93. The molecular formula is C23H27NO7S2. The van der Waals surface area contributed by atoms with E-state index in [4.69, 9.17) is 4.74 Å². The van der Waals surface area contributed by atoms with Crippen LogP contribution in [-0.4, -0.2) is 49.9 Å². The SMILES string of the molecule is CCCCC(CC)COC(=O)CSc1ccc2c3c(cccc13)C(=O)N(OS(C)(=O)=O)C2=O. The van der Waals surface area contributed by atoms with E-state index in [1.807, 2.05) is 0 Å². The Bertz CT molecular complexity index is 1150. The monoisotopic (exact) mass is 493 g/mol.